The molecule has 24 heteroatoms. The van der Waals surface area contributed by atoms with Crippen molar-refractivity contribution in [1.82, 2.24) is 19.5 Å². The second-order valence-corrected chi connectivity index (χ2v) is 14.8. The molecule has 0 saturated carbocycles. The van der Waals surface area contributed by atoms with E-state index in [2.05, 4.69) is 23.8 Å². The van der Waals surface area contributed by atoms with Crippen LogP contribution in [0.4, 0.5) is 11.8 Å². The molecule has 3 aromatic heterocycles. The highest BCUT2D eigenvalue weighted by Crippen LogP contribution is 2.58. The molecule has 0 radical (unpaired) electrons. The van der Waals surface area contributed by atoms with Gasteiger partial charge in [0.1, 0.15) is 42.4 Å². The molecule has 9 N–H and O–H groups in total. The first-order valence-electron chi connectivity index (χ1n) is 15.4. The van der Waals surface area contributed by atoms with Gasteiger partial charge in [0.15, 0.2) is 41.7 Å². The molecule has 22 nitrogen and oxygen atoms in total. The molecule has 3 saturated heterocycles. The molecular weight excluding hydrogens is 710 g/mol. The zero-order chi connectivity index (χ0) is 36.0. The number of pyridine rings is 1. The molecule has 1 amide bonds. The third-order valence-corrected chi connectivity index (χ3v) is 11.0. The van der Waals surface area contributed by atoms with E-state index in [1.54, 1.807) is 0 Å². The van der Waals surface area contributed by atoms with Crippen LogP contribution in [0.15, 0.2) is 30.9 Å². The van der Waals surface area contributed by atoms with Gasteiger partial charge < -0.3 is 60.6 Å². The summed E-state index contributed by atoms with van der Waals surface area (Å²) >= 11 is 0. The number of imidazole rings is 1. The Balaban J connectivity index is 1.08. The minimum absolute atomic E-state index is 0.0615. The van der Waals surface area contributed by atoms with E-state index < -0.39 is 83.8 Å². The summed E-state index contributed by atoms with van der Waals surface area (Å²) in [5.74, 6) is -0.355. The number of piperidine rings is 1. The third-order valence-electron chi connectivity index (χ3n) is 8.46. The quantitative estimate of drug-likeness (QED) is 0.0734. The second-order valence-electron chi connectivity index (χ2n) is 11.8. The molecule has 0 spiro atoms. The Morgan fingerprint density at radius 1 is 1.02 bits per heavy atom. The van der Waals surface area contributed by atoms with Crippen LogP contribution >= 0.6 is 15.6 Å². The summed E-state index contributed by atoms with van der Waals surface area (Å²) in [5, 5.41) is 42.6. The van der Waals surface area contributed by atoms with E-state index in [4.69, 9.17) is 25.5 Å². The number of hydrogen-bond acceptors (Lipinski definition) is 18. The van der Waals surface area contributed by atoms with Crippen molar-refractivity contribution in [2.24, 2.45) is 5.73 Å². The van der Waals surface area contributed by atoms with E-state index in [0.29, 0.717) is 19.0 Å². The van der Waals surface area contributed by atoms with Gasteiger partial charge in [0, 0.05) is 19.2 Å². The molecule has 3 aliphatic rings. The molecule has 0 bridgehead atoms. The SMILES string of the molecule is NC(=O)c1ccc[n+](C2OC(COP(=O)([O-])OP(=O)(O)OCC3OC(n4c(N5CCCCC5)nc5c(N)ncnc54)C(O)C3O)C(O)C2O)c1. The Kier molecular flexibility index (Phi) is 10.6. The van der Waals surface area contributed by atoms with Crippen molar-refractivity contribution in [3.63, 3.8) is 0 Å². The maximum absolute atomic E-state index is 12.6. The zero-order valence-corrected chi connectivity index (χ0v) is 27.9. The molecule has 6 heterocycles. The number of nitrogen functional groups attached to an aromatic ring is 1. The molecule has 10 atom stereocenters. The van der Waals surface area contributed by atoms with E-state index in [9.17, 15) is 44.1 Å². The lowest BCUT2D eigenvalue weighted by Gasteiger charge is -2.30. The summed E-state index contributed by atoms with van der Waals surface area (Å²) in [6.07, 6.45) is -5.55. The molecule has 274 valence electrons. The number of aromatic nitrogens is 5. The topological polar surface area (TPSA) is 324 Å². The van der Waals surface area contributed by atoms with Crippen LogP contribution in [0.1, 0.15) is 42.1 Å². The van der Waals surface area contributed by atoms with Gasteiger partial charge in [-0.3, -0.25) is 18.5 Å². The van der Waals surface area contributed by atoms with Gasteiger partial charge in [-0.1, -0.05) is 0 Å². The number of hydrogen-bond donors (Lipinski definition) is 7. The number of anilines is 2. The maximum Gasteiger partial charge on any atom is 0.478 e. The molecule has 6 rings (SSSR count). The van der Waals surface area contributed by atoms with Gasteiger partial charge in [0.05, 0.1) is 13.2 Å². The van der Waals surface area contributed by atoms with E-state index in [-0.39, 0.29) is 22.5 Å². The van der Waals surface area contributed by atoms with Gasteiger partial charge >= 0.3 is 7.82 Å². The van der Waals surface area contributed by atoms with Crippen molar-refractivity contribution in [2.45, 2.75) is 68.3 Å². The van der Waals surface area contributed by atoms with Gasteiger partial charge in [-0.15, -0.1) is 0 Å². The summed E-state index contributed by atoms with van der Waals surface area (Å²) in [6.45, 7) is -0.622. The summed E-state index contributed by atoms with van der Waals surface area (Å²) in [7, 11) is -11.1. The molecule has 0 aliphatic carbocycles. The first-order valence-corrected chi connectivity index (χ1v) is 18.3. The van der Waals surface area contributed by atoms with E-state index >= 15 is 0 Å². The lowest BCUT2D eigenvalue weighted by atomic mass is 10.1. The number of nitrogens with two attached hydrogens (primary N) is 2. The maximum atomic E-state index is 12.6. The largest absolute Gasteiger partial charge is 0.756 e. The van der Waals surface area contributed by atoms with Crippen LogP contribution in [-0.4, -0.2) is 114 Å². The Labute approximate surface area is 283 Å². The van der Waals surface area contributed by atoms with Gasteiger partial charge in [-0.2, -0.15) is 4.57 Å². The molecule has 3 aliphatic heterocycles. The highest BCUT2D eigenvalue weighted by Gasteiger charge is 2.50. The van der Waals surface area contributed by atoms with Crippen LogP contribution in [0.5, 0.6) is 0 Å². The van der Waals surface area contributed by atoms with Crippen molar-refractivity contribution >= 4 is 44.5 Å². The van der Waals surface area contributed by atoms with Crippen molar-refractivity contribution in [1.29, 1.82) is 0 Å². The van der Waals surface area contributed by atoms with Crippen LogP contribution in [0.3, 0.4) is 0 Å². The number of carbonyl (C=O) groups is 1. The molecule has 3 fully saturated rings. The number of aliphatic hydroxyl groups is 4. The van der Waals surface area contributed by atoms with Gasteiger partial charge in [0.2, 0.25) is 5.95 Å². The number of rotatable bonds is 12. The van der Waals surface area contributed by atoms with Gasteiger partial charge in [0.25, 0.3) is 20.0 Å². The molecule has 3 aromatic rings. The minimum Gasteiger partial charge on any atom is -0.756 e. The number of primary amides is 1. The molecule has 50 heavy (non-hydrogen) atoms. The average molecular weight is 747 g/mol. The van der Waals surface area contributed by atoms with E-state index in [1.165, 1.54) is 40.0 Å². The fourth-order valence-corrected chi connectivity index (χ4v) is 8.01. The summed E-state index contributed by atoms with van der Waals surface area (Å²) in [4.78, 5) is 48.9. The Hall–Kier alpha value is -3.21. The highest BCUT2D eigenvalue weighted by molar-refractivity contribution is 7.60. The number of fused-ring (bicyclic) bond motifs is 1. The summed E-state index contributed by atoms with van der Waals surface area (Å²) in [6, 6.07) is 2.83. The predicted molar refractivity (Wildman–Crippen MR) is 163 cm³/mol. The Bertz CT molecular complexity index is 1810. The number of nitrogens with zero attached hydrogens (tertiary/aromatic N) is 6. The number of phosphoric acid groups is 2. The first-order chi connectivity index (χ1) is 23.7. The third kappa shape index (κ3) is 7.53. The van der Waals surface area contributed by atoms with Crippen molar-refractivity contribution in [3.05, 3.63) is 36.4 Å². The monoisotopic (exact) mass is 746 g/mol. The Morgan fingerprint density at radius 2 is 1.70 bits per heavy atom. The van der Waals surface area contributed by atoms with Gasteiger partial charge in [-0.25, -0.2) is 23.8 Å². The van der Waals surface area contributed by atoms with Crippen LogP contribution < -0.4 is 25.8 Å². The summed E-state index contributed by atoms with van der Waals surface area (Å²) in [5.41, 5.74) is 11.8. The Morgan fingerprint density at radius 3 is 2.42 bits per heavy atom. The standard InChI is InChI=1S/C26H36N8O14P2/c27-21-16-23(30-12-29-21)34(26(31-16)32-6-2-1-3-7-32)25-20(38)18(36)15(47-25)11-45-50(42,43)48-49(40,41)44-10-14-17(35)19(37)24(46-14)33-8-4-5-13(9-33)22(28)39/h4-5,8-9,12,14-15,17-20,24-25,35-38H,1-3,6-7,10-11H2,(H5-,27,28,29,30,39,40,41,42,43). The fraction of sp³-hybridized carbons (Fsp3) is 0.577. The summed E-state index contributed by atoms with van der Waals surface area (Å²) < 4.78 is 52.8. The number of amides is 1. The first kappa shape index (κ1) is 36.6. The predicted octanol–water partition coefficient (Wildman–Crippen LogP) is -2.66. The zero-order valence-electron chi connectivity index (χ0n) is 26.1. The van der Waals surface area contributed by atoms with Crippen molar-refractivity contribution in [3.8, 4) is 0 Å². The van der Waals surface area contributed by atoms with Gasteiger partial charge in [-0.05, 0) is 25.3 Å². The fourth-order valence-electron chi connectivity index (χ4n) is 5.96. The number of ether oxygens (including phenoxy) is 2. The lowest BCUT2D eigenvalue weighted by Crippen LogP contribution is -2.46. The highest BCUT2D eigenvalue weighted by atomic mass is 31.3. The molecule has 10 unspecified atom stereocenters. The van der Waals surface area contributed by atoms with Crippen LogP contribution in [0.25, 0.3) is 11.2 Å². The minimum atomic E-state index is -5.65. The van der Waals surface area contributed by atoms with Crippen molar-refractivity contribution < 1.29 is 71.5 Å². The molecule has 0 aromatic carbocycles. The van der Waals surface area contributed by atoms with Crippen LogP contribution in [0.2, 0.25) is 0 Å². The van der Waals surface area contributed by atoms with E-state index in [0.717, 1.165) is 19.3 Å². The number of aliphatic hydroxyl groups excluding tert-OH is 4. The number of carbonyl (C=O) groups excluding carboxylic acids is 1. The molecular formula is C26H36N8O14P2. The van der Waals surface area contributed by atoms with Crippen LogP contribution in [-0.2, 0) is 32.0 Å². The van der Waals surface area contributed by atoms with E-state index in [1.807, 2.05) is 4.90 Å². The lowest BCUT2D eigenvalue weighted by molar-refractivity contribution is -0.765. The van der Waals surface area contributed by atoms with Crippen molar-refractivity contribution in [2.75, 3.05) is 36.9 Å². The second kappa shape index (κ2) is 14.4. The smallest absolute Gasteiger partial charge is 0.478 e. The normalized spacial score (nSPS) is 31.1. The number of phosphoric ester groups is 2. The average Bonchev–Trinajstić information content (AvgIpc) is 3.70. The van der Waals surface area contributed by atoms with Crippen LogP contribution in [0, 0.1) is 0 Å².